The molecule has 4 nitrogen and oxygen atoms in total. The van der Waals surface area contributed by atoms with Gasteiger partial charge in [-0.15, -0.1) is 0 Å². The Hall–Kier alpha value is -1.94. The maximum atomic E-state index is 11.9. The summed E-state index contributed by atoms with van der Waals surface area (Å²) in [5.74, 6) is 0.509. The van der Waals surface area contributed by atoms with E-state index in [0.717, 1.165) is 5.56 Å². The number of amides is 1. The van der Waals surface area contributed by atoms with Crippen LogP contribution in [0.2, 0.25) is 5.02 Å². The first-order valence-electron chi connectivity index (χ1n) is 5.82. The minimum absolute atomic E-state index is 0.0765. The number of anilines is 1. The zero-order chi connectivity index (χ0) is 13.8. The highest BCUT2D eigenvalue weighted by molar-refractivity contribution is 6.32. The monoisotopic (exact) mass is 278 g/mol. The van der Waals surface area contributed by atoms with Gasteiger partial charge in [-0.1, -0.05) is 11.6 Å². The van der Waals surface area contributed by atoms with Gasteiger partial charge in [-0.3, -0.25) is 4.79 Å². The molecule has 0 aliphatic heterocycles. The topological polar surface area (TPSA) is 43.3 Å². The van der Waals surface area contributed by atoms with E-state index in [9.17, 15) is 4.79 Å². The van der Waals surface area contributed by atoms with Crippen molar-refractivity contribution in [3.8, 4) is 5.75 Å². The molecule has 0 spiro atoms. The molecule has 2 aromatic rings. The first-order valence-corrected chi connectivity index (χ1v) is 6.20. The van der Waals surface area contributed by atoms with Crippen molar-refractivity contribution in [1.82, 2.24) is 4.57 Å². The van der Waals surface area contributed by atoms with E-state index in [2.05, 4.69) is 5.32 Å². The smallest absolute Gasteiger partial charge is 0.228 e. The molecule has 0 fully saturated rings. The standard InChI is InChI=1S/C14H15ClN2O2/c1-17-6-5-10(9-17)7-14(18)16-11-3-4-13(19-2)12(15)8-11/h3-6,8-9H,7H2,1-2H3,(H,16,18). The Labute approximate surface area is 116 Å². The van der Waals surface area contributed by atoms with Gasteiger partial charge in [-0.25, -0.2) is 0 Å². The SMILES string of the molecule is COc1ccc(NC(=O)Cc2ccn(C)c2)cc1Cl. The number of benzene rings is 1. The first kappa shape index (κ1) is 13.5. The van der Waals surface area contributed by atoms with Crippen LogP contribution in [-0.4, -0.2) is 17.6 Å². The van der Waals surface area contributed by atoms with Gasteiger partial charge in [0.1, 0.15) is 5.75 Å². The van der Waals surface area contributed by atoms with Gasteiger partial charge < -0.3 is 14.6 Å². The maximum Gasteiger partial charge on any atom is 0.228 e. The van der Waals surface area contributed by atoms with Crippen molar-refractivity contribution in [2.75, 3.05) is 12.4 Å². The lowest BCUT2D eigenvalue weighted by molar-refractivity contribution is -0.115. The van der Waals surface area contributed by atoms with Gasteiger partial charge in [0, 0.05) is 25.1 Å². The highest BCUT2D eigenvalue weighted by Gasteiger charge is 2.07. The summed E-state index contributed by atoms with van der Waals surface area (Å²) in [5.41, 5.74) is 1.63. The average Bonchev–Trinajstić information content (AvgIpc) is 2.74. The Morgan fingerprint density at radius 3 is 2.79 bits per heavy atom. The first-order chi connectivity index (χ1) is 9.08. The van der Waals surface area contributed by atoms with Gasteiger partial charge in [0.15, 0.2) is 0 Å². The fourth-order valence-corrected chi connectivity index (χ4v) is 2.06. The van der Waals surface area contributed by atoms with Crippen molar-refractivity contribution >= 4 is 23.2 Å². The van der Waals surface area contributed by atoms with Crippen LogP contribution in [-0.2, 0) is 18.3 Å². The lowest BCUT2D eigenvalue weighted by atomic mass is 10.2. The van der Waals surface area contributed by atoms with Gasteiger partial charge >= 0.3 is 0 Å². The molecule has 100 valence electrons. The fraction of sp³-hybridized carbons (Fsp3) is 0.214. The Balaban J connectivity index is 2.00. The van der Waals surface area contributed by atoms with E-state index in [0.29, 0.717) is 22.9 Å². The van der Waals surface area contributed by atoms with E-state index < -0.39 is 0 Å². The van der Waals surface area contributed by atoms with Gasteiger partial charge in [0.25, 0.3) is 0 Å². The second kappa shape index (κ2) is 5.80. The number of ether oxygens (including phenoxy) is 1. The summed E-state index contributed by atoms with van der Waals surface area (Å²) in [6.45, 7) is 0. The van der Waals surface area contributed by atoms with Crippen LogP contribution in [0.25, 0.3) is 0 Å². The predicted molar refractivity (Wildman–Crippen MR) is 75.8 cm³/mol. The molecule has 5 heteroatoms. The molecule has 0 aliphatic carbocycles. The van der Waals surface area contributed by atoms with Crippen molar-refractivity contribution in [3.05, 3.63) is 47.2 Å². The number of nitrogens with one attached hydrogen (secondary N) is 1. The zero-order valence-corrected chi connectivity index (χ0v) is 11.6. The summed E-state index contributed by atoms with van der Waals surface area (Å²) >= 11 is 6.00. The lowest BCUT2D eigenvalue weighted by Crippen LogP contribution is -2.14. The molecule has 1 N–H and O–H groups in total. The molecule has 0 bridgehead atoms. The van der Waals surface area contributed by atoms with Crippen LogP contribution in [0.1, 0.15) is 5.56 Å². The van der Waals surface area contributed by atoms with Crippen LogP contribution >= 0.6 is 11.6 Å². The normalized spacial score (nSPS) is 10.3. The van der Waals surface area contributed by atoms with Crippen molar-refractivity contribution < 1.29 is 9.53 Å². The number of methoxy groups -OCH3 is 1. The minimum Gasteiger partial charge on any atom is -0.495 e. The van der Waals surface area contributed by atoms with E-state index in [-0.39, 0.29) is 5.91 Å². The molecule has 19 heavy (non-hydrogen) atoms. The van der Waals surface area contributed by atoms with Crippen LogP contribution < -0.4 is 10.1 Å². The van der Waals surface area contributed by atoms with Crippen LogP contribution in [0.4, 0.5) is 5.69 Å². The second-order valence-corrected chi connectivity index (χ2v) is 4.67. The quantitative estimate of drug-likeness (QED) is 0.934. The van der Waals surface area contributed by atoms with Gasteiger partial charge in [0.2, 0.25) is 5.91 Å². The molecule has 0 saturated heterocycles. The summed E-state index contributed by atoms with van der Waals surface area (Å²) in [4.78, 5) is 11.9. The lowest BCUT2D eigenvalue weighted by Gasteiger charge is -2.07. The third-order valence-electron chi connectivity index (χ3n) is 2.69. The van der Waals surface area contributed by atoms with Gasteiger partial charge in [-0.2, -0.15) is 0 Å². The molecule has 0 radical (unpaired) electrons. The van der Waals surface area contributed by atoms with Crippen molar-refractivity contribution in [2.45, 2.75) is 6.42 Å². The molecule has 1 aromatic heterocycles. The Morgan fingerprint density at radius 1 is 1.42 bits per heavy atom. The summed E-state index contributed by atoms with van der Waals surface area (Å²) in [5, 5.41) is 3.28. The largest absolute Gasteiger partial charge is 0.495 e. The van der Waals surface area contributed by atoms with Crippen LogP contribution in [0, 0.1) is 0 Å². The molecule has 0 aliphatic rings. The van der Waals surface area contributed by atoms with Crippen molar-refractivity contribution in [3.63, 3.8) is 0 Å². The van der Waals surface area contributed by atoms with Gasteiger partial charge in [-0.05, 0) is 29.8 Å². The number of halogens is 1. The molecule has 1 amide bonds. The maximum absolute atomic E-state index is 11.9. The summed E-state index contributed by atoms with van der Waals surface area (Å²) in [6.07, 6.45) is 4.16. The van der Waals surface area contributed by atoms with Crippen LogP contribution in [0.3, 0.4) is 0 Å². The molecule has 0 atom stereocenters. The van der Waals surface area contributed by atoms with E-state index in [1.165, 1.54) is 0 Å². The zero-order valence-electron chi connectivity index (χ0n) is 10.8. The van der Waals surface area contributed by atoms with Crippen molar-refractivity contribution in [2.24, 2.45) is 7.05 Å². The predicted octanol–water partition coefficient (Wildman–Crippen LogP) is 2.87. The molecule has 0 unspecified atom stereocenters. The number of carbonyl (C=O) groups is 1. The summed E-state index contributed by atoms with van der Waals surface area (Å²) < 4.78 is 6.97. The number of rotatable bonds is 4. The van der Waals surface area contributed by atoms with Crippen LogP contribution in [0.15, 0.2) is 36.7 Å². The minimum atomic E-state index is -0.0765. The highest BCUT2D eigenvalue weighted by atomic mass is 35.5. The Kier molecular flexibility index (Phi) is 4.12. The van der Waals surface area contributed by atoms with E-state index in [4.69, 9.17) is 16.3 Å². The molecule has 1 aromatic carbocycles. The summed E-state index contributed by atoms with van der Waals surface area (Å²) in [7, 11) is 3.47. The van der Waals surface area contributed by atoms with E-state index >= 15 is 0 Å². The number of aromatic nitrogens is 1. The summed E-state index contributed by atoms with van der Waals surface area (Å²) in [6, 6.07) is 7.07. The second-order valence-electron chi connectivity index (χ2n) is 4.26. The van der Waals surface area contributed by atoms with Gasteiger partial charge in [0.05, 0.1) is 18.6 Å². The fourth-order valence-electron chi connectivity index (χ4n) is 1.80. The Morgan fingerprint density at radius 2 is 2.21 bits per heavy atom. The number of hydrogen-bond acceptors (Lipinski definition) is 2. The number of carbonyl (C=O) groups excluding carboxylic acids is 1. The highest BCUT2D eigenvalue weighted by Crippen LogP contribution is 2.27. The average molecular weight is 279 g/mol. The molecular formula is C14H15ClN2O2. The van der Waals surface area contributed by atoms with Crippen molar-refractivity contribution in [1.29, 1.82) is 0 Å². The van der Waals surface area contributed by atoms with E-state index in [1.54, 1.807) is 25.3 Å². The van der Waals surface area contributed by atoms with Crippen LogP contribution in [0.5, 0.6) is 5.75 Å². The third kappa shape index (κ3) is 3.51. The Bertz CT molecular complexity index is 593. The molecule has 1 heterocycles. The number of hydrogen-bond donors (Lipinski definition) is 1. The van der Waals surface area contributed by atoms with E-state index in [1.807, 2.05) is 30.1 Å². The molecular weight excluding hydrogens is 264 g/mol. The molecule has 0 saturated carbocycles. The molecule has 2 rings (SSSR count). The number of nitrogens with zero attached hydrogens (tertiary/aromatic N) is 1. The third-order valence-corrected chi connectivity index (χ3v) is 2.99. The number of aryl methyl sites for hydroxylation is 1.